The van der Waals surface area contributed by atoms with Crippen LogP contribution in [0.5, 0.6) is 0 Å². The van der Waals surface area contributed by atoms with Gasteiger partial charge in [-0.2, -0.15) is 0 Å². The second kappa shape index (κ2) is 18.6. The Labute approximate surface area is 293 Å². The number of halogens is 1. The largest absolute Gasteiger partial charge is 0.460 e. The number of esters is 2. The maximum Gasteiger partial charge on any atom is 0.306 e. The fourth-order valence-electron chi connectivity index (χ4n) is 5.32. The van der Waals surface area contributed by atoms with Crippen molar-refractivity contribution < 1.29 is 28.9 Å². The van der Waals surface area contributed by atoms with Gasteiger partial charge in [0.15, 0.2) is 0 Å². The summed E-state index contributed by atoms with van der Waals surface area (Å²) in [5.74, 6) is 0.627. The molecule has 0 amide bonds. The first-order chi connectivity index (χ1) is 22.7. The molecule has 2 aromatic rings. The Bertz CT molecular complexity index is 1430. The number of rotatable bonds is 7. The number of nitro benzene ring substituents is 2. The van der Waals surface area contributed by atoms with E-state index in [1.165, 1.54) is 24.3 Å². The van der Waals surface area contributed by atoms with Gasteiger partial charge in [0.25, 0.3) is 11.4 Å². The summed E-state index contributed by atoms with van der Waals surface area (Å²) in [5, 5.41) is 24.7. The standard InChI is InChI=1S/C17H25N3O4.C11H21NO2.C6H5ClN2O2/c1-17(2,3)24-16(21)10-12-6-8-19(9-7-12)13-4-5-15(20(22)23)14(18)11-13;1-11(2,3)14-10(13)8-9-4-6-12-7-5-9;7-4-1-2-6(9(10)11)5(8)3-4/h4-5,11-12H,6-10,18H2,1-3H3;9,12H,4-8H2,1-3H3;1-3H,8H2. The number of piperidine rings is 2. The quantitative estimate of drug-likeness (QED) is 0.119. The third kappa shape index (κ3) is 15.7. The highest BCUT2D eigenvalue weighted by Crippen LogP contribution is 2.31. The fraction of sp³-hybridized carbons (Fsp3) is 0.588. The number of nitrogens with two attached hydrogens (primary N) is 2. The summed E-state index contributed by atoms with van der Waals surface area (Å²) in [5.41, 5.74) is 11.2. The minimum Gasteiger partial charge on any atom is -0.460 e. The molecule has 0 radical (unpaired) electrons. The molecule has 15 heteroatoms. The second-order valence-corrected chi connectivity index (χ2v) is 14.6. The summed E-state index contributed by atoms with van der Waals surface area (Å²) in [6.07, 6.45) is 4.98. The number of hydrogen-bond donors (Lipinski definition) is 3. The van der Waals surface area contributed by atoms with Crippen molar-refractivity contribution in [3.8, 4) is 0 Å². The van der Waals surface area contributed by atoms with Crippen LogP contribution < -0.4 is 21.7 Å². The minimum absolute atomic E-state index is 0.0515. The van der Waals surface area contributed by atoms with Crippen molar-refractivity contribution in [1.82, 2.24) is 5.32 Å². The summed E-state index contributed by atoms with van der Waals surface area (Å²) in [4.78, 5) is 45.5. The van der Waals surface area contributed by atoms with Crippen LogP contribution in [0.1, 0.15) is 80.1 Å². The lowest BCUT2D eigenvalue weighted by molar-refractivity contribution is -0.384. The second-order valence-electron chi connectivity index (χ2n) is 14.2. The van der Waals surface area contributed by atoms with Gasteiger partial charge < -0.3 is 31.2 Å². The Morgan fingerprint density at radius 2 is 1.22 bits per heavy atom. The lowest BCUT2D eigenvalue weighted by atomic mass is 9.93. The van der Waals surface area contributed by atoms with Gasteiger partial charge in [0.05, 0.1) is 9.85 Å². The molecule has 2 saturated heterocycles. The monoisotopic (exact) mass is 706 g/mol. The van der Waals surface area contributed by atoms with Crippen molar-refractivity contribution in [3.05, 3.63) is 61.6 Å². The average Bonchev–Trinajstić information content (AvgIpc) is 2.96. The maximum atomic E-state index is 11.9. The molecule has 2 aliphatic heterocycles. The Balaban J connectivity index is 0.000000282. The van der Waals surface area contributed by atoms with Gasteiger partial charge in [-0.15, -0.1) is 0 Å². The maximum absolute atomic E-state index is 11.9. The molecule has 0 saturated carbocycles. The first-order valence-corrected chi connectivity index (χ1v) is 16.7. The van der Waals surface area contributed by atoms with E-state index in [-0.39, 0.29) is 40.3 Å². The molecule has 14 nitrogen and oxygen atoms in total. The topological polar surface area (TPSA) is 206 Å². The number of nitrogens with zero attached hydrogens (tertiary/aromatic N) is 3. The Hall–Kier alpha value is -4.17. The molecule has 0 atom stereocenters. The number of hydrogen-bond acceptors (Lipinski definition) is 12. The van der Waals surface area contributed by atoms with Gasteiger partial charge in [-0.1, -0.05) is 11.6 Å². The molecule has 2 fully saturated rings. The molecule has 0 unspecified atom stereocenters. The van der Waals surface area contributed by atoms with Crippen molar-refractivity contribution in [3.63, 3.8) is 0 Å². The first kappa shape index (κ1) is 41.0. The molecule has 49 heavy (non-hydrogen) atoms. The van der Waals surface area contributed by atoms with Crippen LogP contribution in [0.15, 0.2) is 36.4 Å². The third-order valence-electron chi connectivity index (χ3n) is 7.58. The normalized spacial score (nSPS) is 15.5. The zero-order valence-electron chi connectivity index (χ0n) is 29.3. The Morgan fingerprint density at radius 1 is 0.796 bits per heavy atom. The van der Waals surface area contributed by atoms with Gasteiger partial charge in [-0.05, 0) is 116 Å². The molecule has 272 valence electrons. The highest BCUT2D eigenvalue weighted by atomic mass is 35.5. The predicted octanol–water partition coefficient (Wildman–Crippen LogP) is 6.67. The van der Waals surface area contributed by atoms with Gasteiger partial charge >= 0.3 is 11.9 Å². The number of ether oxygens (including phenoxy) is 2. The highest BCUT2D eigenvalue weighted by molar-refractivity contribution is 6.30. The summed E-state index contributed by atoms with van der Waals surface area (Å²) in [6.45, 7) is 15.0. The molecule has 0 spiro atoms. The van der Waals surface area contributed by atoms with E-state index in [1.54, 1.807) is 12.1 Å². The van der Waals surface area contributed by atoms with Crippen molar-refractivity contribution >= 4 is 52.0 Å². The van der Waals surface area contributed by atoms with E-state index in [1.807, 2.05) is 41.5 Å². The van der Waals surface area contributed by atoms with Crippen LogP contribution in [0.25, 0.3) is 0 Å². The molecule has 2 aliphatic rings. The number of nitrogens with one attached hydrogen (secondary N) is 1. The van der Waals surface area contributed by atoms with Crippen LogP contribution in [-0.4, -0.2) is 59.2 Å². The fourth-order valence-corrected chi connectivity index (χ4v) is 5.50. The van der Waals surface area contributed by atoms with E-state index < -0.39 is 15.4 Å². The molecule has 0 aliphatic carbocycles. The predicted molar refractivity (Wildman–Crippen MR) is 191 cm³/mol. The van der Waals surface area contributed by atoms with E-state index in [0.29, 0.717) is 29.7 Å². The van der Waals surface area contributed by atoms with E-state index in [0.717, 1.165) is 57.5 Å². The lowest BCUT2D eigenvalue weighted by Crippen LogP contribution is -2.35. The van der Waals surface area contributed by atoms with E-state index in [9.17, 15) is 29.8 Å². The van der Waals surface area contributed by atoms with Crippen molar-refractivity contribution in [1.29, 1.82) is 0 Å². The van der Waals surface area contributed by atoms with Gasteiger partial charge in [-0.25, -0.2) is 0 Å². The van der Waals surface area contributed by atoms with E-state index in [4.69, 9.17) is 32.5 Å². The van der Waals surface area contributed by atoms with Gasteiger partial charge in [0.1, 0.15) is 22.6 Å². The molecular formula is C34H51ClN6O8. The molecule has 5 N–H and O–H groups in total. The number of carbonyl (C=O) groups excluding carboxylic acids is 2. The number of nitro groups is 2. The van der Waals surface area contributed by atoms with Crippen molar-refractivity contribution in [2.75, 3.05) is 42.5 Å². The molecule has 0 aromatic heterocycles. The average molecular weight is 707 g/mol. The molecule has 2 heterocycles. The number of carbonyl (C=O) groups is 2. The summed E-state index contributed by atoms with van der Waals surface area (Å²) in [6, 6.07) is 8.86. The van der Waals surface area contributed by atoms with Gasteiger partial charge in [-0.3, -0.25) is 29.8 Å². The molecule has 0 bridgehead atoms. The van der Waals surface area contributed by atoms with Crippen LogP contribution in [0.2, 0.25) is 5.02 Å². The Morgan fingerprint density at radius 3 is 1.63 bits per heavy atom. The highest BCUT2D eigenvalue weighted by Gasteiger charge is 2.26. The lowest BCUT2D eigenvalue weighted by Gasteiger charge is -2.33. The van der Waals surface area contributed by atoms with Crippen LogP contribution in [0.4, 0.5) is 28.4 Å². The van der Waals surface area contributed by atoms with E-state index >= 15 is 0 Å². The number of anilines is 3. The smallest absolute Gasteiger partial charge is 0.306 e. The van der Waals surface area contributed by atoms with Crippen LogP contribution in [0.3, 0.4) is 0 Å². The van der Waals surface area contributed by atoms with Crippen LogP contribution in [-0.2, 0) is 19.1 Å². The third-order valence-corrected chi connectivity index (χ3v) is 7.82. The minimum atomic E-state index is -0.550. The number of nitrogen functional groups attached to an aromatic ring is 2. The Kier molecular flexibility index (Phi) is 15.5. The summed E-state index contributed by atoms with van der Waals surface area (Å²) < 4.78 is 10.7. The first-order valence-electron chi connectivity index (χ1n) is 16.4. The van der Waals surface area contributed by atoms with Gasteiger partial charge in [0, 0.05) is 48.8 Å². The van der Waals surface area contributed by atoms with E-state index in [2.05, 4.69) is 10.2 Å². The molecular weight excluding hydrogens is 656 g/mol. The molecule has 2 aromatic carbocycles. The SMILES string of the molecule is CC(C)(C)OC(=O)CC1CCN(c2ccc([N+](=O)[O-])c(N)c2)CC1.CC(C)(C)OC(=O)CC1CCNCC1.Nc1cc(Cl)ccc1[N+](=O)[O-]. The zero-order valence-corrected chi connectivity index (χ0v) is 30.1. The van der Waals surface area contributed by atoms with Crippen LogP contribution in [0, 0.1) is 32.1 Å². The van der Waals surface area contributed by atoms with Crippen LogP contribution >= 0.6 is 11.6 Å². The van der Waals surface area contributed by atoms with Crippen molar-refractivity contribution in [2.45, 2.75) is 91.3 Å². The van der Waals surface area contributed by atoms with Crippen molar-refractivity contribution in [2.24, 2.45) is 11.8 Å². The molecule has 4 rings (SSSR count). The van der Waals surface area contributed by atoms with Gasteiger partial charge in [0.2, 0.25) is 0 Å². The zero-order chi connectivity index (χ0) is 36.9. The number of benzene rings is 2. The summed E-state index contributed by atoms with van der Waals surface area (Å²) in [7, 11) is 0. The summed E-state index contributed by atoms with van der Waals surface area (Å²) >= 11 is 5.52.